The molecule has 82 valence electrons. The number of hydrogen-bond acceptors (Lipinski definition) is 1. The highest BCUT2D eigenvalue weighted by Crippen LogP contribution is 2.46. The van der Waals surface area contributed by atoms with Gasteiger partial charge in [0.25, 0.3) is 0 Å². The van der Waals surface area contributed by atoms with Gasteiger partial charge in [0.05, 0.1) is 0 Å². The molecule has 0 N–H and O–H groups in total. The second-order valence-corrected chi connectivity index (χ2v) is 6.47. The number of hydrogen-bond donors (Lipinski definition) is 0. The summed E-state index contributed by atoms with van der Waals surface area (Å²) in [4.78, 5) is 0. The van der Waals surface area contributed by atoms with Gasteiger partial charge in [0.2, 0.25) is 0 Å². The van der Waals surface area contributed by atoms with Crippen LogP contribution in [0.4, 0.5) is 0 Å². The zero-order valence-corrected chi connectivity index (χ0v) is 11.5. The lowest BCUT2D eigenvalue weighted by Crippen LogP contribution is -2.36. The lowest BCUT2D eigenvalue weighted by atomic mass is 9.66. The van der Waals surface area contributed by atoms with Gasteiger partial charge in [-0.3, -0.25) is 0 Å². The molecule has 0 atom stereocenters. The van der Waals surface area contributed by atoms with Gasteiger partial charge in [-0.05, 0) is 36.3 Å². The summed E-state index contributed by atoms with van der Waals surface area (Å²) in [6, 6.07) is 8.87. The van der Waals surface area contributed by atoms with Gasteiger partial charge in [0, 0.05) is 15.6 Å². The Morgan fingerprint density at radius 1 is 1.40 bits per heavy atom. The van der Waals surface area contributed by atoms with Gasteiger partial charge in [0.1, 0.15) is 0 Å². The van der Waals surface area contributed by atoms with E-state index in [9.17, 15) is 0 Å². The van der Waals surface area contributed by atoms with Crippen LogP contribution in [-0.4, -0.2) is 11.5 Å². The fourth-order valence-electron chi connectivity index (χ4n) is 2.24. The van der Waals surface area contributed by atoms with Crippen molar-refractivity contribution in [2.75, 3.05) is 11.5 Å². The predicted molar refractivity (Wildman–Crippen MR) is 72.7 cm³/mol. The van der Waals surface area contributed by atoms with Crippen LogP contribution < -0.4 is 0 Å². The van der Waals surface area contributed by atoms with E-state index in [0.29, 0.717) is 5.41 Å². The summed E-state index contributed by atoms with van der Waals surface area (Å²) in [7, 11) is 0. The summed E-state index contributed by atoms with van der Waals surface area (Å²) in [5.41, 5.74) is 2.02. The van der Waals surface area contributed by atoms with Gasteiger partial charge in [-0.1, -0.05) is 41.4 Å². The Morgan fingerprint density at radius 2 is 2.20 bits per heavy atom. The fourth-order valence-corrected chi connectivity index (χ4v) is 3.69. The van der Waals surface area contributed by atoms with Gasteiger partial charge in [0.15, 0.2) is 0 Å². The number of halogens is 1. The van der Waals surface area contributed by atoms with Crippen LogP contribution in [-0.2, 0) is 5.41 Å². The third kappa shape index (κ3) is 2.42. The van der Waals surface area contributed by atoms with E-state index in [1.54, 1.807) is 0 Å². The van der Waals surface area contributed by atoms with Crippen LogP contribution in [0.2, 0.25) is 0 Å². The van der Waals surface area contributed by atoms with Crippen LogP contribution in [0, 0.1) is 0 Å². The number of thioether (sulfide) groups is 1. The molecule has 2 heteroatoms. The topological polar surface area (TPSA) is 0 Å². The predicted octanol–water partition coefficient (Wildman–Crippen LogP) is 4.62. The maximum atomic E-state index is 3.57. The van der Waals surface area contributed by atoms with Crippen molar-refractivity contribution in [1.29, 1.82) is 0 Å². The monoisotopic (exact) mass is 284 g/mol. The van der Waals surface area contributed by atoms with Crippen LogP contribution in [0.1, 0.15) is 31.7 Å². The van der Waals surface area contributed by atoms with Gasteiger partial charge < -0.3 is 0 Å². The molecule has 1 aromatic carbocycles. The second-order valence-electron chi connectivity index (χ2n) is 4.28. The van der Waals surface area contributed by atoms with Gasteiger partial charge >= 0.3 is 0 Å². The first-order chi connectivity index (χ1) is 7.27. The summed E-state index contributed by atoms with van der Waals surface area (Å²) in [6.07, 6.45) is 4.14. The molecule has 0 bridgehead atoms. The molecule has 0 aliphatic heterocycles. The van der Waals surface area contributed by atoms with E-state index < -0.39 is 0 Å². The van der Waals surface area contributed by atoms with E-state index in [1.165, 1.54) is 40.8 Å². The highest BCUT2D eigenvalue weighted by molar-refractivity contribution is 9.10. The molecule has 0 unspecified atom stereocenters. The molecule has 1 saturated carbocycles. The molecular weight excluding hydrogens is 268 g/mol. The maximum Gasteiger partial charge on any atom is 0.0178 e. The maximum absolute atomic E-state index is 3.57. The first-order valence-electron chi connectivity index (χ1n) is 5.61. The van der Waals surface area contributed by atoms with E-state index in [0.717, 1.165) is 0 Å². The molecular formula is C13H17BrS. The largest absolute Gasteiger partial charge is 0.161 e. The SMILES string of the molecule is CCSCC1(c2cccc(Br)c2)CCC1. The molecule has 0 spiro atoms. The normalized spacial score (nSPS) is 18.5. The molecule has 0 radical (unpaired) electrons. The third-order valence-corrected chi connectivity index (χ3v) is 4.99. The standard InChI is InChI=1S/C13H17BrS/c1-2-15-10-13(7-4-8-13)11-5-3-6-12(14)9-11/h3,5-6,9H,2,4,7-8,10H2,1H3. The summed E-state index contributed by atoms with van der Waals surface area (Å²) in [6.45, 7) is 2.25. The lowest BCUT2D eigenvalue weighted by molar-refractivity contribution is 0.279. The first-order valence-corrected chi connectivity index (χ1v) is 7.55. The van der Waals surface area contributed by atoms with Crippen molar-refractivity contribution >= 4 is 27.7 Å². The molecule has 1 aromatic rings. The zero-order chi connectivity index (χ0) is 10.7. The average molecular weight is 285 g/mol. The fraction of sp³-hybridized carbons (Fsp3) is 0.538. The van der Waals surface area contributed by atoms with Crippen molar-refractivity contribution in [2.45, 2.75) is 31.6 Å². The van der Waals surface area contributed by atoms with Crippen LogP contribution in [0.15, 0.2) is 28.7 Å². The highest BCUT2D eigenvalue weighted by Gasteiger charge is 2.38. The summed E-state index contributed by atoms with van der Waals surface area (Å²) >= 11 is 5.65. The number of rotatable bonds is 4. The quantitative estimate of drug-likeness (QED) is 0.777. The van der Waals surface area contributed by atoms with E-state index in [4.69, 9.17) is 0 Å². The van der Waals surface area contributed by atoms with Crippen molar-refractivity contribution in [3.8, 4) is 0 Å². The Balaban J connectivity index is 2.18. The Hall–Kier alpha value is 0.0500. The first kappa shape index (κ1) is 11.5. The molecule has 1 aliphatic rings. The minimum Gasteiger partial charge on any atom is -0.161 e. The van der Waals surface area contributed by atoms with Crippen molar-refractivity contribution in [3.05, 3.63) is 34.3 Å². The lowest BCUT2D eigenvalue weighted by Gasteiger charge is -2.42. The third-order valence-electron chi connectivity index (χ3n) is 3.33. The molecule has 1 aliphatic carbocycles. The van der Waals surface area contributed by atoms with Gasteiger partial charge in [-0.15, -0.1) is 0 Å². The minimum absolute atomic E-state index is 0.491. The van der Waals surface area contributed by atoms with E-state index in [2.05, 4.69) is 58.9 Å². The zero-order valence-electron chi connectivity index (χ0n) is 9.13. The summed E-state index contributed by atoms with van der Waals surface area (Å²) < 4.78 is 1.22. The molecule has 0 aromatic heterocycles. The van der Waals surface area contributed by atoms with Crippen LogP contribution in [0.5, 0.6) is 0 Å². The van der Waals surface area contributed by atoms with Crippen molar-refractivity contribution in [2.24, 2.45) is 0 Å². The van der Waals surface area contributed by atoms with Crippen molar-refractivity contribution in [1.82, 2.24) is 0 Å². The smallest absolute Gasteiger partial charge is 0.0178 e. The molecule has 0 nitrogen and oxygen atoms in total. The van der Waals surface area contributed by atoms with Crippen LogP contribution in [0.3, 0.4) is 0 Å². The minimum atomic E-state index is 0.491. The van der Waals surface area contributed by atoms with Crippen LogP contribution >= 0.6 is 27.7 Å². The Kier molecular flexibility index (Phi) is 3.78. The molecule has 0 saturated heterocycles. The van der Waals surface area contributed by atoms with Gasteiger partial charge in [-0.25, -0.2) is 0 Å². The van der Waals surface area contributed by atoms with E-state index in [-0.39, 0.29) is 0 Å². The Labute approximate surface area is 105 Å². The molecule has 0 amide bonds. The molecule has 1 fully saturated rings. The molecule has 15 heavy (non-hydrogen) atoms. The van der Waals surface area contributed by atoms with Crippen LogP contribution in [0.25, 0.3) is 0 Å². The second kappa shape index (κ2) is 4.92. The average Bonchev–Trinajstić information content (AvgIpc) is 2.16. The van der Waals surface area contributed by atoms with Crippen molar-refractivity contribution < 1.29 is 0 Å². The van der Waals surface area contributed by atoms with Crippen molar-refractivity contribution in [3.63, 3.8) is 0 Å². The summed E-state index contributed by atoms with van der Waals surface area (Å²) in [5, 5.41) is 0. The Morgan fingerprint density at radius 3 is 2.73 bits per heavy atom. The highest BCUT2D eigenvalue weighted by atomic mass is 79.9. The van der Waals surface area contributed by atoms with E-state index in [1.807, 2.05) is 0 Å². The van der Waals surface area contributed by atoms with Gasteiger partial charge in [-0.2, -0.15) is 11.8 Å². The Bertz CT molecular complexity index is 331. The van der Waals surface area contributed by atoms with E-state index >= 15 is 0 Å². The number of benzene rings is 1. The summed E-state index contributed by atoms with van der Waals surface area (Å²) in [5.74, 6) is 2.52. The molecule has 0 heterocycles. The molecule has 2 rings (SSSR count).